The van der Waals surface area contributed by atoms with E-state index < -0.39 is 0 Å². The fourth-order valence-electron chi connectivity index (χ4n) is 1.81. The molecule has 6 nitrogen and oxygen atoms in total. The van der Waals surface area contributed by atoms with Crippen molar-refractivity contribution in [2.75, 3.05) is 23.4 Å². The predicted molar refractivity (Wildman–Crippen MR) is 61.6 cm³/mol. The number of rotatable bonds is 1. The van der Waals surface area contributed by atoms with Crippen molar-refractivity contribution >= 4 is 11.5 Å². The molecule has 0 aromatic carbocycles. The van der Waals surface area contributed by atoms with Crippen molar-refractivity contribution in [3.05, 3.63) is 20.8 Å². The molecule has 0 radical (unpaired) electrons. The van der Waals surface area contributed by atoms with E-state index in [2.05, 4.69) is 11.2 Å². The predicted octanol–water partition coefficient (Wildman–Crippen LogP) is -1.09. The van der Waals surface area contributed by atoms with Crippen molar-refractivity contribution < 1.29 is 0 Å². The van der Waals surface area contributed by atoms with E-state index in [4.69, 9.17) is 6.42 Å². The Morgan fingerprint density at radius 1 is 1.38 bits per heavy atom. The number of nitrogens with zero attached hydrogens (tertiary/aromatic N) is 3. The Balaban J connectivity index is 2.74. The topological polar surface area (TPSA) is 59.3 Å². The minimum absolute atomic E-state index is 0.321. The van der Waals surface area contributed by atoms with Crippen LogP contribution in [0.1, 0.15) is 0 Å². The smallest absolute Gasteiger partial charge is 0.332 e. The van der Waals surface area contributed by atoms with Gasteiger partial charge < -0.3 is 10.2 Å². The molecular weight excluding hydrogens is 208 g/mol. The fraction of sp³-hybridized carbons (Fsp3) is 0.400. The van der Waals surface area contributed by atoms with Crippen molar-refractivity contribution in [1.82, 2.24) is 9.13 Å². The first-order valence-corrected chi connectivity index (χ1v) is 4.80. The summed E-state index contributed by atoms with van der Waals surface area (Å²) in [5.74, 6) is 3.01. The number of nitrogens with one attached hydrogen (secondary N) is 1. The van der Waals surface area contributed by atoms with Crippen molar-refractivity contribution in [1.29, 1.82) is 0 Å². The van der Waals surface area contributed by atoms with Gasteiger partial charge in [-0.25, -0.2) is 4.79 Å². The Labute approximate surface area is 92.1 Å². The van der Waals surface area contributed by atoms with Gasteiger partial charge in [0.05, 0.1) is 13.2 Å². The number of anilines is 2. The molecule has 0 saturated heterocycles. The van der Waals surface area contributed by atoms with Crippen molar-refractivity contribution in [3.63, 3.8) is 0 Å². The lowest BCUT2D eigenvalue weighted by molar-refractivity contribution is 0.696. The maximum Gasteiger partial charge on any atom is 0.332 e. The lowest BCUT2D eigenvalue weighted by Gasteiger charge is -2.14. The van der Waals surface area contributed by atoms with E-state index in [-0.39, 0.29) is 11.2 Å². The van der Waals surface area contributed by atoms with Crippen molar-refractivity contribution in [3.8, 4) is 12.3 Å². The summed E-state index contributed by atoms with van der Waals surface area (Å²) in [4.78, 5) is 25.3. The number of aromatic nitrogens is 2. The van der Waals surface area contributed by atoms with Crippen LogP contribution in [0.4, 0.5) is 11.5 Å². The third-order valence-electron chi connectivity index (χ3n) is 2.68. The average molecular weight is 220 g/mol. The quantitative estimate of drug-likeness (QED) is 0.611. The van der Waals surface area contributed by atoms with Gasteiger partial charge in [-0.3, -0.25) is 13.9 Å². The van der Waals surface area contributed by atoms with Crippen LogP contribution in [-0.4, -0.2) is 22.3 Å². The lowest BCUT2D eigenvalue weighted by Crippen LogP contribution is -2.39. The highest BCUT2D eigenvalue weighted by atomic mass is 16.2. The SMILES string of the molecule is C#CCN1CNc2c1c(=O)n(C)c(=O)n2C. The second kappa shape index (κ2) is 3.45. The number of terminal acetylenes is 1. The van der Waals surface area contributed by atoms with Gasteiger partial charge in [0.2, 0.25) is 0 Å². The zero-order chi connectivity index (χ0) is 11.9. The molecule has 0 amide bonds. The summed E-state index contributed by atoms with van der Waals surface area (Å²) in [6.07, 6.45) is 5.22. The van der Waals surface area contributed by atoms with Crippen LogP contribution in [0, 0.1) is 12.3 Å². The first-order valence-electron chi connectivity index (χ1n) is 4.80. The second-order valence-electron chi connectivity index (χ2n) is 3.64. The highest BCUT2D eigenvalue weighted by Crippen LogP contribution is 2.24. The summed E-state index contributed by atoms with van der Waals surface area (Å²) in [6.45, 7) is 0.791. The zero-order valence-corrected chi connectivity index (χ0v) is 9.15. The molecule has 0 atom stereocenters. The third-order valence-corrected chi connectivity index (χ3v) is 2.68. The van der Waals surface area contributed by atoms with Crippen LogP contribution in [0.3, 0.4) is 0 Å². The van der Waals surface area contributed by atoms with Crippen LogP contribution >= 0.6 is 0 Å². The highest BCUT2D eigenvalue weighted by molar-refractivity contribution is 5.70. The molecule has 0 bridgehead atoms. The van der Waals surface area contributed by atoms with Crippen LogP contribution in [0.5, 0.6) is 0 Å². The van der Waals surface area contributed by atoms with Crippen molar-refractivity contribution in [2.45, 2.75) is 0 Å². The van der Waals surface area contributed by atoms with Gasteiger partial charge in [0.1, 0.15) is 11.5 Å². The Hall–Kier alpha value is -2.16. The first kappa shape index (κ1) is 10.4. The molecule has 0 aliphatic carbocycles. The summed E-state index contributed by atoms with van der Waals surface area (Å²) in [7, 11) is 3.07. The molecular formula is C10H12N4O2. The van der Waals surface area contributed by atoms with E-state index in [0.29, 0.717) is 24.7 Å². The Morgan fingerprint density at radius 3 is 2.69 bits per heavy atom. The molecule has 1 aromatic rings. The first-order chi connectivity index (χ1) is 7.57. The molecule has 2 heterocycles. The maximum atomic E-state index is 11.9. The Kier molecular flexibility index (Phi) is 2.23. The van der Waals surface area contributed by atoms with Gasteiger partial charge in [-0.05, 0) is 0 Å². The molecule has 0 fully saturated rings. The average Bonchev–Trinajstić information content (AvgIpc) is 2.68. The minimum Gasteiger partial charge on any atom is -0.352 e. The van der Waals surface area contributed by atoms with Gasteiger partial charge in [-0.2, -0.15) is 0 Å². The number of hydrogen-bond acceptors (Lipinski definition) is 4. The van der Waals surface area contributed by atoms with E-state index in [1.54, 1.807) is 11.9 Å². The van der Waals surface area contributed by atoms with Crippen LogP contribution in [0.2, 0.25) is 0 Å². The van der Waals surface area contributed by atoms with E-state index in [1.165, 1.54) is 11.6 Å². The van der Waals surface area contributed by atoms with Crippen LogP contribution in [0.25, 0.3) is 0 Å². The molecule has 6 heteroatoms. The second-order valence-corrected chi connectivity index (χ2v) is 3.64. The normalized spacial score (nSPS) is 13.2. The summed E-state index contributed by atoms with van der Waals surface area (Å²) >= 11 is 0. The fourth-order valence-corrected chi connectivity index (χ4v) is 1.81. The molecule has 1 aliphatic heterocycles. The molecule has 0 unspecified atom stereocenters. The largest absolute Gasteiger partial charge is 0.352 e. The molecule has 0 spiro atoms. The summed E-state index contributed by atoms with van der Waals surface area (Å²) < 4.78 is 2.49. The Bertz CT molecular complexity index is 591. The van der Waals surface area contributed by atoms with Gasteiger partial charge in [0.25, 0.3) is 5.56 Å². The molecule has 0 saturated carbocycles. The zero-order valence-electron chi connectivity index (χ0n) is 9.15. The monoisotopic (exact) mass is 220 g/mol. The van der Waals surface area contributed by atoms with Crippen molar-refractivity contribution in [2.24, 2.45) is 14.1 Å². The molecule has 84 valence electrons. The molecule has 1 aliphatic rings. The van der Waals surface area contributed by atoms with Crippen LogP contribution in [-0.2, 0) is 14.1 Å². The molecule has 1 aromatic heterocycles. The summed E-state index contributed by atoms with van der Waals surface area (Å²) in [6, 6.07) is 0. The summed E-state index contributed by atoms with van der Waals surface area (Å²) in [5, 5.41) is 2.99. The minimum atomic E-state index is -0.348. The van der Waals surface area contributed by atoms with E-state index in [9.17, 15) is 9.59 Å². The van der Waals surface area contributed by atoms with Crippen LogP contribution in [0.15, 0.2) is 9.59 Å². The summed E-state index contributed by atoms with van der Waals surface area (Å²) in [5.41, 5.74) is -0.209. The third kappa shape index (κ3) is 1.21. The number of hydrogen-bond donors (Lipinski definition) is 1. The van der Waals surface area contributed by atoms with Gasteiger partial charge >= 0.3 is 5.69 Å². The Morgan fingerprint density at radius 2 is 2.06 bits per heavy atom. The van der Waals surface area contributed by atoms with Gasteiger partial charge in [0, 0.05) is 14.1 Å². The molecule has 2 rings (SSSR count). The van der Waals surface area contributed by atoms with E-state index in [1.807, 2.05) is 0 Å². The van der Waals surface area contributed by atoms with E-state index >= 15 is 0 Å². The highest BCUT2D eigenvalue weighted by Gasteiger charge is 2.25. The van der Waals surface area contributed by atoms with E-state index in [0.717, 1.165) is 4.57 Å². The van der Waals surface area contributed by atoms with Gasteiger partial charge in [-0.1, -0.05) is 5.92 Å². The lowest BCUT2D eigenvalue weighted by atomic mass is 10.4. The van der Waals surface area contributed by atoms with Gasteiger partial charge in [0.15, 0.2) is 0 Å². The maximum absolute atomic E-state index is 11.9. The van der Waals surface area contributed by atoms with Crippen LogP contribution < -0.4 is 21.5 Å². The number of fused-ring (bicyclic) bond motifs is 1. The standard InChI is InChI=1S/C10H12N4O2/c1-4-5-14-6-11-8-7(14)9(15)13(3)10(16)12(8)2/h1,11H,5-6H2,2-3H3. The molecule has 1 N–H and O–H groups in total. The molecule has 16 heavy (non-hydrogen) atoms. The van der Waals surface area contributed by atoms with Gasteiger partial charge in [-0.15, -0.1) is 6.42 Å².